The molecule has 0 N–H and O–H groups in total. The molecule has 23 heavy (non-hydrogen) atoms. The molecule has 0 amide bonds. The van der Waals surface area contributed by atoms with E-state index in [-0.39, 0.29) is 28.4 Å². The van der Waals surface area contributed by atoms with Gasteiger partial charge >= 0.3 is 0 Å². The standard InChI is InChI=1S/C14H15Cl2N3O3S/c1-10-3-5-11(6-4-10)23(20,21)22-8-7-19(2)12-9-13(15)17-18-14(12)16/h3-6,9H,7-8H2,1-2H3. The average Bonchev–Trinajstić information content (AvgIpc) is 2.50. The summed E-state index contributed by atoms with van der Waals surface area (Å²) >= 11 is 11.7. The second-order valence-electron chi connectivity index (χ2n) is 4.85. The molecule has 0 radical (unpaired) electrons. The Balaban J connectivity index is 1.98. The molecule has 0 aliphatic heterocycles. The quantitative estimate of drug-likeness (QED) is 0.722. The highest BCUT2D eigenvalue weighted by Crippen LogP contribution is 2.24. The van der Waals surface area contributed by atoms with Gasteiger partial charge in [-0.25, -0.2) is 0 Å². The maximum Gasteiger partial charge on any atom is 0.297 e. The number of rotatable bonds is 6. The predicted octanol–water partition coefficient (Wildman–Crippen LogP) is 2.93. The van der Waals surface area contributed by atoms with Crippen molar-refractivity contribution in [3.05, 3.63) is 46.2 Å². The molecule has 0 unspecified atom stereocenters. The van der Waals surface area contributed by atoms with Gasteiger partial charge in [-0.3, -0.25) is 4.18 Å². The van der Waals surface area contributed by atoms with E-state index in [2.05, 4.69) is 10.2 Å². The largest absolute Gasteiger partial charge is 0.370 e. The molecule has 6 nitrogen and oxygen atoms in total. The second-order valence-corrected chi connectivity index (χ2v) is 7.21. The Morgan fingerprint density at radius 3 is 2.48 bits per heavy atom. The highest BCUT2D eigenvalue weighted by Gasteiger charge is 2.16. The Bertz CT molecular complexity index is 782. The first-order chi connectivity index (χ1) is 10.8. The summed E-state index contributed by atoms with van der Waals surface area (Å²) in [6, 6.07) is 8.00. The molecule has 1 heterocycles. The van der Waals surface area contributed by atoms with Crippen molar-refractivity contribution >= 4 is 39.0 Å². The van der Waals surface area contributed by atoms with Crippen molar-refractivity contribution < 1.29 is 12.6 Å². The van der Waals surface area contributed by atoms with Crippen LogP contribution in [-0.2, 0) is 14.3 Å². The number of anilines is 1. The van der Waals surface area contributed by atoms with Gasteiger partial charge in [0.25, 0.3) is 10.1 Å². The first-order valence-corrected chi connectivity index (χ1v) is 8.82. The van der Waals surface area contributed by atoms with Gasteiger partial charge < -0.3 is 4.90 Å². The van der Waals surface area contributed by atoms with Gasteiger partial charge in [-0.1, -0.05) is 40.9 Å². The van der Waals surface area contributed by atoms with E-state index < -0.39 is 10.1 Å². The third-order valence-corrected chi connectivity index (χ3v) is 4.87. The summed E-state index contributed by atoms with van der Waals surface area (Å²) in [4.78, 5) is 1.81. The van der Waals surface area contributed by atoms with E-state index >= 15 is 0 Å². The van der Waals surface area contributed by atoms with E-state index in [4.69, 9.17) is 27.4 Å². The van der Waals surface area contributed by atoms with Crippen LogP contribution in [0, 0.1) is 6.92 Å². The monoisotopic (exact) mass is 375 g/mol. The molecule has 9 heteroatoms. The highest BCUT2D eigenvalue weighted by molar-refractivity contribution is 7.86. The second kappa shape index (κ2) is 7.44. The Labute approximate surface area is 145 Å². The molecular weight excluding hydrogens is 361 g/mol. The summed E-state index contributed by atoms with van der Waals surface area (Å²) in [5.41, 5.74) is 1.52. The zero-order valence-corrected chi connectivity index (χ0v) is 14.9. The lowest BCUT2D eigenvalue weighted by molar-refractivity contribution is 0.325. The maximum absolute atomic E-state index is 12.1. The van der Waals surface area contributed by atoms with Gasteiger partial charge in [-0.15, -0.1) is 10.2 Å². The SMILES string of the molecule is Cc1ccc(S(=O)(=O)OCCN(C)c2cc(Cl)nnc2Cl)cc1. The summed E-state index contributed by atoms with van der Waals surface area (Å²) in [5.74, 6) is 0. The fraction of sp³-hybridized carbons (Fsp3) is 0.286. The van der Waals surface area contributed by atoms with Gasteiger partial charge in [-0.05, 0) is 19.1 Å². The Hall–Kier alpha value is -1.41. The number of hydrogen-bond acceptors (Lipinski definition) is 6. The van der Waals surface area contributed by atoms with Crippen LogP contribution in [0.25, 0.3) is 0 Å². The van der Waals surface area contributed by atoms with E-state index in [0.29, 0.717) is 5.69 Å². The smallest absolute Gasteiger partial charge is 0.297 e. The van der Waals surface area contributed by atoms with Crippen molar-refractivity contribution in [1.29, 1.82) is 0 Å². The van der Waals surface area contributed by atoms with Crippen LogP contribution in [0.4, 0.5) is 5.69 Å². The molecule has 0 aliphatic carbocycles. The van der Waals surface area contributed by atoms with Crippen LogP contribution in [0.5, 0.6) is 0 Å². The summed E-state index contributed by atoms with van der Waals surface area (Å²) in [5, 5.41) is 7.69. The van der Waals surface area contributed by atoms with Gasteiger partial charge in [-0.2, -0.15) is 8.42 Å². The number of likely N-dealkylation sites (N-methyl/N-ethyl adjacent to an activating group) is 1. The minimum Gasteiger partial charge on any atom is -0.370 e. The van der Waals surface area contributed by atoms with Crippen molar-refractivity contribution in [2.75, 3.05) is 25.1 Å². The van der Waals surface area contributed by atoms with Gasteiger partial charge in [0.15, 0.2) is 10.3 Å². The van der Waals surface area contributed by atoms with Crippen LogP contribution in [0.15, 0.2) is 35.2 Å². The molecule has 0 atom stereocenters. The molecule has 0 bridgehead atoms. The fourth-order valence-electron chi connectivity index (χ4n) is 1.79. The zero-order valence-electron chi connectivity index (χ0n) is 12.5. The predicted molar refractivity (Wildman–Crippen MR) is 89.6 cm³/mol. The summed E-state index contributed by atoms with van der Waals surface area (Å²) < 4.78 is 29.2. The first kappa shape index (κ1) is 17.9. The van der Waals surface area contributed by atoms with Gasteiger partial charge in [0.05, 0.1) is 17.2 Å². The topological polar surface area (TPSA) is 72.4 Å². The third kappa shape index (κ3) is 4.78. The van der Waals surface area contributed by atoms with Gasteiger partial charge in [0.1, 0.15) is 0 Å². The van der Waals surface area contributed by atoms with Crippen LogP contribution in [-0.4, -0.2) is 38.8 Å². The molecule has 0 aliphatic rings. The van der Waals surface area contributed by atoms with Crippen LogP contribution >= 0.6 is 23.2 Å². The van der Waals surface area contributed by atoms with Crippen LogP contribution in [0.3, 0.4) is 0 Å². The Morgan fingerprint density at radius 2 is 1.83 bits per heavy atom. The fourth-order valence-corrected chi connectivity index (χ4v) is 3.07. The summed E-state index contributed by atoms with van der Waals surface area (Å²) in [7, 11) is -2.06. The van der Waals surface area contributed by atoms with Gasteiger partial charge in [0, 0.05) is 19.7 Å². The third-order valence-electron chi connectivity index (χ3n) is 3.09. The van der Waals surface area contributed by atoms with Crippen molar-refractivity contribution in [2.24, 2.45) is 0 Å². The lowest BCUT2D eigenvalue weighted by Gasteiger charge is -2.19. The van der Waals surface area contributed by atoms with Crippen molar-refractivity contribution in [3.8, 4) is 0 Å². The molecule has 0 fully saturated rings. The van der Waals surface area contributed by atoms with E-state index in [0.717, 1.165) is 5.56 Å². The Kier molecular flexibility index (Phi) is 5.80. The normalized spacial score (nSPS) is 11.5. The van der Waals surface area contributed by atoms with Crippen molar-refractivity contribution in [3.63, 3.8) is 0 Å². The number of aryl methyl sites for hydroxylation is 1. The molecule has 1 aromatic carbocycles. The average molecular weight is 376 g/mol. The molecule has 1 aromatic heterocycles. The van der Waals surface area contributed by atoms with Crippen molar-refractivity contribution in [1.82, 2.24) is 10.2 Å². The summed E-state index contributed by atoms with van der Waals surface area (Å²) in [6.45, 7) is 2.12. The maximum atomic E-state index is 12.1. The number of benzene rings is 1. The van der Waals surface area contributed by atoms with E-state index in [1.807, 2.05) is 6.92 Å². The molecule has 0 spiro atoms. The van der Waals surface area contributed by atoms with E-state index in [9.17, 15) is 8.42 Å². The number of halogens is 2. The summed E-state index contributed by atoms with van der Waals surface area (Å²) in [6.07, 6.45) is 0. The Morgan fingerprint density at radius 1 is 1.17 bits per heavy atom. The molecule has 2 rings (SSSR count). The molecule has 124 valence electrons. The molecule has 0 saturated carbocycles. The lowest BCUT2D eigenvalue weighted by atomic mass is 10.2. The number of aromatic nitrogens is 2. The first-order valence-electron chi connectivity index (χ1n) is 6.65. The van der Waals surface area contributed by atoms with Gasteiger partial charge in [0.2, 0.25) is 0 Å². The molecular formula is C14H15Cl2N3O3S. The molecule has 0 saturated heterocycles. The van der Waals surface area contributed by atoms with E-state index in [1.54, 1.807) is 30.1 Å². The lowest BCUT2D eigenvalue weighted by Crippen LogP contribution is -2.24. The van der Waals surface area contributed by atoms with Crippen molar-refractivity contribution in [2.45, 2.75) is 11.8 Å². The van der Waals surface area contributed by atoms with E-state index in [1.165, 1.54) is 12.1 Å². The zero-order chi connectivity index (χ0) is 17.0. The van der Waals surface area contributed by atoms with Crippen LogP contribution < -0.4 is 4.90 Å². The minimum absolute atomic E-state index is 0.0387. The van der Waals surface area contributed by atoms with Crippen LogP contribution in [0.2, 0.25) is 10.3 Å². The number of nitrogens with zero attached hydrogens (tertiary/aromatic N) is 3. The molecule has 2 aromatic rings. The highest BCUT2D eigenvalue weighted by atomic mass is 35.5. The number of hydrogen-bond donors (Lipinski definition) is 0. The van der Waals surface area contributed by atoms with Crippen LogP contribution in [0.1, 0.15) is 5.56 Å². The minimum atomic E-state index is -3.79.